The second-order valence-electron chi connectivity index (χ2n) is 6.78. The molecule has 0 radical (unpaired) electrons. The molecule has 7 nitrogen and oxygen atoms in total. The molecule has 0 bridgehead atoms. The predicted molar refractivity (Wildman–Crippen MR) is 108 cm³/mol. The molecule has 0 aliphatic carbocycles. The van der Waals surface area contributed by atoms with E-state index in [0.29, 0.717) is 12.3 Å². The Morgan fingerprint density at radius 3 is 2.25 bits per heavy atom. The van der Waals surface area contributed by atoms with Crippen molar-refractivity contribution in [1.29, 1.82) is 0 Å². The number of phenolic OH excluding ortho intramolecular Hbond substituents is 1. The van der Waals surface area contributed by atoms with E-state index in [4.69, 9.17) is 14.2 Å². The van der Waals surface area contributed by atoms with Gasteiger partial charge < -0.3 is 29.3 Å². The molecule has 1 unspecified atom stereocenters. The fourth-order valence-electron chi connectivity index (χ4n) is 3.30. The second kappa shape index (κ2) is 9.52. The highest BCUT2D eigenvalue weighted by Gasteiger charge is 2.22. The predicted octanol–water partition coefficient (Wildman–Crippen LogP) is 1.97. The SMILES string of the molecule is COc1ccc(OC)c(N2CCN(CC(O)COc3ccc(O)cc3)CC2)c1. The third kappa shape index (κ3) is 5.21. The van der Waals surface area contributed by atoms with Crippen molar-refractivity contribution in [2.45, 2.75) is 6.10 Å². The monoisotopic (exact) mass is 388 g/mol. The molecular weight excluding hydrogens is 360 g/mol. The lowest BCUT2D eigenvalue weighted by molar-refractivity contribution is 0.0662. The number of aliphatic hydroxyl groups is 1. The third-order valence-corrected chi connectivity index (χ3v) is 4.85. The molecule has 2 aromatic carbocycles. The maximum absolute atomic E-state index is 10.3. The first kappa shape index (κ1) is 20.1. The molecule has 1 heterocycles. The summed E-state index contributed by atoms with van der Waals surface area (Å²) in [7, 11) is 3.33. The minimum atomic E-state index is -0.577. The van der Waals surface area contributed by atoms with Crippen LogP contribution in [0.4, 0.5) is 5.69 Å². The van der Waals surface area contributed by atoms with Gasteiger partial charge in [-0.3, -0.25) is 4.90 Å². The first-order valence-corrected chi connectivity index (χ1v) is 9.38. The average Bonchev–Trinajstić information content (AvgIpc) is 2.73. The number of hydrogen-bond donors (Lipinski definition) is 2. The van der Waals surface area contributed by atoms with E-state index < -0.39 is 6.10 Å². The van der Waals surface area contributed by atoms with Crippen LogP contribution in [0.5, 0.6) is 23.0 Å². The van der Waals surface area contributed by atoms with Gasteiger partial charge in [0.15, 0.2) is 0 Å². The Labute approximate surface area is 165 Å². The molecule has 0 amide bonds. The molecule has 0 aromatic heterocycles. The molecule has 152 valence electrons. The van der Waals surface area contributed by atoms with Crippen molar-refractivity contribution in [3.63, 3.8) is 0 Å². The van der Waals surface area contributed by atoms with Gasteiger partial charge in [-0.15, -0.1) is 0 Å². The van der Waals surface area contributed by atoms with E-state index in [9.17, 15) is 10.2 Å². The number of hydrogen-bond acceptors (Lipinski definition) is 7. The summed E-state index contributed by atoms with van der Waals surface area (Å²) in [5, 5.41) is 19.6. The van der Waals surface area contributed by atoms with Gasteiger partial charge in [0.1, 0.15) is 35.7 Å². The van der Waals surface area contributed by atoms with Gasteiger partial charge in [0.25, 0.3) is 0 Å². The summed E-state index contributed by atoms with van der Waals surface area (Å²) in [6.45, 7) is 4.15. The number of β-amino-alcohol motifs (C(OH)–C–C–N with tert-alkyl or cyclic N) is 1. The zero-order valence-corrected chi connectivity index (χ0v) is 16.4. The summed E-state index contributed by atoms with van der Waals surface area (Å²) < 4.78 is 16.4. The Hall–Kier alpha value is -2.64. The molecule has 0 spiro atoms. The molecule has 1 fully saturated rings. The minimum absolute atomic E-state index is 0.193. The molecule has 1 saturated heterocycles. The number of ether oxygens (including phenoxy) is 3. The smallest absolute Gasteiger partial charge is 0.142 e. The standard InChI is InChI=1S/C21H28N2O5/c1-26-19-7-8-21(27-2)20(13-19)23-11-9-22(10-12-23)14-17(25)15-28-18-5-3-16(24)4-6-18/h3-8,13,17,24-25H,9-12,14-15H2,1-2H3. The van der Waals surface area contributed by atoms with Crippen molar-refractivity contribution in [3.8, 4) is 23.0 Å². The molecule has 2 aromatic rings. The lowest BCUT2D eigenvalue weighted by Crippen LogP contribution is -2.49. The molecular formula is C21H28N2O5. The zero-order chi connectivity index (χ0) is 19.9. The highest BCUT2D eigenvalue weighted by molar-refractivity contribution is 5.62. The molecule has 7 heteroatoms. The van der Waals surface area contributed by atoms with Crippen LogP contribution in [0.1, 0.15) is 0 Å². The number of methoxy groups -OCH3 is 2. The molecule has 2 N–H and O–H groups in total. The van der Waals surface area contributed by atoms with Crippen molar-refractivity contribution in [2.75, 3.05) is 58.5 Å². The maximum Gasteiger partial charge on any atom is 0.142 e. The van der Waals surface area contributed by atoms with Crippen molar-refractivity contribution in [1.82, 2.24) is 4.90 Å². The Kier molecular flexibility index (Phi) is 6.84. The highest BCUT2D eigenvalue weighted by Crippen LogP contribution is 2.32. The lowest BCUT2D eigenvalue weighted by atomic mass is 10.2. The maximum atomic E-state index is 10.3. The minimum Gasteiger partial charge on any atom is -0.508 e. The number of anilines is 1. The van der Waals surface area contributed by atoms with Gasteiger partial charge >= 0.3 is 0 Å². The average molecular weight is 388 g/mol. The zero-order valence-electron chi connectivity index (χ0n) is 16.4. The summed E-state index contributed by atoms with van der Waals surface area (Å²) in [6.07, 6.45) is -0.577. The van der Waals surface area contributed by atoms with Gasteiger partial charge in [-0.2, -0.15) is 0 Å². The van der Waals surface area contributed by atoms with E-state index >= 15 is 0 Å². The van der Waals surface area contributed by atoms with Crippen LogP contribution in [0.25, 0.3) is 0 Å². The van der Waals surface area contributed by atoms with E-state index in [1.54, 1.807) is 38.5 Å². The van der Waals surface area contributed by atoms with Crippen molar-refractivity contribution < 1.29 is 24.4 Å². The number of aromatic hydroxyl groups is 1. The van der Waals surface area contributed by atoms with Gasteiger partial charge in [0.2, 0.25) is 0 Å². The van der Waals surface area contributed by atoms with Crippen LogP contribution in [-0.4, -0.2) is 74.8 Å². The lowest BCUT2D eigenvalue weighted by Gasteiger charge is -2.37. The number of aliphatic hydroxyl groups excluding tert-OH is 1. The first-order valence-electron chi connectivity index (χ1n) is 9.38. The normalized spacial score (nSPS) is 15.9. The molecule has 1 aliphatic rings. The molecule has 1 aliphatic heterocycles. The molecule has 28 heavy (non-hydrogen) atoms. The highest BCUT2D eigenvalue weighted by atomic mass is 16.5. The summed E-state index contributed by atoms with van der Waals surface area (Å²) in [4.78, 5) is 4.51. The van der Waals surface area contributed by atoms with Crippen LogP contribution in [0, 0.1) is 0 Å². The van der Waals surface area contributed by atoms with E-state index in [1.807, 2.05) is 18.2 Å². The van der Waals surface area contributed by atoms with Gasteiger partial charge in [0.05, 0.1) is 19.9 Å². The number of nitrogens with zero attached hydrogens (tertiary/aromatic N) is 2. The number of piperazine rings is 1. The summed E-state index contributed by atoms with van der Waals surface area (Å²) in [6, 6.07) is 12.3. The van der Waals surface area contributed by atoms with Crippen molar-refractivity contribution >= 4 is 5.69 Å². The fourth-order valence-corrected chi connectivity index (χ4v) is 3.30. The Balaban J connectivity index is 1.48. The largest absolute Gasteiger partial charge is 0.508 e. The summed E-state index contributed by atoms with van der Waals surface area (Å²) in [5.74, 6) is 2.46. The number of benzene rings is 2. The van der Waals surface area contributed by atoms with E-state index in [2.05, 4.69) is 9.80 Å². The Morgan fingerprint density at radius 1 is 0.929 bits per heavy atom. The first-order chi connectivity index (χ1) is 13.6. The summed E-state index contributed by atoms with van der Waals surface area (Å²) >= 11 is 0. The van der Waals surface area contributed by atoms with Crippen LogP contribution < -0.4 is 19.1 Å². The van der Waals surface area contributed by atoms with E-state index in [1.165, 1.54) is 0 Å². The van der Waals surface area contributed by atoms with Gasteiger partial charge in [-0.05, 0) is 36.4 Å². The van der Waals surface area contributed by atoms with Crippen LogP contribution in [-0.2, 0) is 0 Å². The molecule has 3 rings (SSSR count). The van der Waals surface area contributed by atoms with Gasteiger partial charge in [0, 0.05) is 38.8 Å². The summed E-state index contributed by atoms with van der Waals surface area (Å²) in [5.41, 5.74) is 1.03. The quantitative estimate of drug-likeness (QED) is 0.716. The van der Waals surface area contributed by atoms with Crippen LogP contribution in [0.3, 0.4) is 0 Å². The Bertz CT molecular complexity index is 745. The fraction of sp³-hybridized carbons (Fsp3) is 0.429. The number of phenols is 1. The van der Waals surface area contributed by atoms with Crippen LogP contribution in [0.15, 0.2) is 42.5 Å². The third-order valence-electron chi connectivity index (χ3n) is 4.85. The molecule has 1 atom stereocenters. The second-order valence-corrected chi connectivity index (χ2v) is 6.78. The van der Waals surface area contributed by atoms with Crippen LogP contribution >= 0.6 is 0 Å². The Morgan fingerprint density at radius 2 is 1.61 bits per heavy atom. The van der Waals surface area contributed by atoms with Crippen molar-refractivity contribution in [2.24, 2.45) is 0 Å². The number of rotatable bonds is 8. The molecule has 0 saturated carbocycles. The van der Waals surface area contributed by atoms with Crippen molar-refractivity contribution in [3.05, 3.63) is 42.5 Å². The van der Waals surface area contributed by atoms with Crippen LogP contribution in [0.2, 0.25) is 0 Å². The van der Waals surface area contributed by atoms with Gasteiger partial charge in [-0.1, -0.05) is 0 Å². The topological polar surface area (TPSA) is 74.6 Å². The van der Waals surface area contributed by atoms with E-state index in [0.717, 1.165) is 43.4 Å². The van der Waals surface area contributed by atoms with E-state index in [-0.39, 0.29) is 12.4 Å². The van der Waals surface area contributed by atoms with Gasteiger partial charge in [-0.25, -0.2) is 0 Å².